The molecular formula is C14H25NO3. The van der Waals surface area contributed by atoms with Crippen molar-refractivity contribution in [2.24, 2.45) is 17.8 Å². The van der Waals surface area contributed by atoms with Gasteiger partial charge in [-0.25, -0.2) is 0 Å². The van der Waals surface area contributed by atoms with Crippen LogP contribution in [0.1, 0.15) is 46.5 Å². The maximum absolute atomic E-state index is 12.4. The van der Waals surface area contributed by atoms with Crippen molar-refractivity contribution in [2.45, 2.75) is 46.5 Å². The van der Waals surface area contributed by atoms with E-state index in [2.05, 4.69) is 6.92 Å². The third-order valence-corrected chi connectivity index (χ3v) is 3.91. The van der Waals surface area contributed by atoms with Gasteiger partial charge >= 0.3 is 5.97 Å². The molecule has 1 rings (SSSR count). The third-order valence-electron chi connectivity index (χ3n) is 3.91. The number of rotatable bonds is 6. The zero-order valence-corrected chi connectivity index (χ0v) is 11.7. The van der Waals surface area contributed by atoms with E-state index in [1.807, 2.05) is 18.7 Å². The monoisotopic (exact) mass is 255 g/mol. The minimum Gasteiger partial charge on any atom is -0.481 e. The first-order chi connectivity index (χ1) is 8.51. The van der Waals surface area contributed by atoms with Crippen LogP contribution in [0.15, 0.2) is 0 Å². The van der Waals surface area contributed by atoms with Crippen LogP contribution >= 0.6 is 0 Å². The number of carbonyl (C=O) groups excluding carboxylic acids is 1. The Balaban J connectivity index is 2.70. The molecule has 1 saturated carbocycles. The standard InChI is InChI=1S/C14H25NO3/c1-4-6-7-15(5-2)13(16)11-8-10(3)9-12(11)14(17)18/h10-12H,4-9H2,1-3H3,(H,17,18)/t10?,11-,12+/m0/s1. The molecule has 1 N–H and O–H groups in total. The summed E-state index contributed by atoms with van der Waals surface area (Å²) in [5.41, 5.74) is 0. The van der Waals surface area contributed by atoms with Crippen molar-refractivity contribution in [3.63, 3.8) is 0 Å². The lowest BCUT2D eigenvalue weighted by Crippen LogP contribution is -2.39. The number of carboxylic acids is 1. The highest BCUT2D eigenvalue weighted by atomic mass is 16.4. The Morgan fingerprint density at radius 2 is 1.83 bits per heavy atom. The molecule has 1 amide bonds. The summed E-state index contributed by atoms with van der Waals surface area (Å²) in [6.07, 6.45) is 3.39. The van der Waals surface area contributed by atoms with Crippen molar-refractivity contribution >= 4 is 11.9 Å². The molecule has 0 radical (unpaired) electrons. The van der Waals surface area contributed by atoms with Crippen molar-refractivity contribution in [3.05, 3.63) is 0 Å². The van der Waals surface area contributed by atoms with Crippen LogP contribution in [-0.4, -0.2) is 35.0 Å². The Bertz CT molecular complexity index is 303. The lowest BCUT2D eigenvalue weighted by molar-refractivity contribution is -0.149. The van der Waals surface area contributed by atoms with E-state index >= 15 is 0 Å². The van der Waals surface area contributed by atoms with E-state index in [1.165, 1.54) is 0 Å². The predicted molar refractivity (Wildman–Crippen MR) is 70.2 cm³/mol. The summed E-state index contributed by atoms with van der Waals surface area (Å²) in [4.78, 5) is 25.4. The molecule has 18 heavy (non-hydrogen) atoms. The first-order valence-electron chi connectivity index (χ1n) is 7.02. The van der Waals surface area contributed by atoms with Gasteiger partial charge in [0, 0.05) is 13.1 Å². The van der Waals surface area contributed by atoms with Crippen LogP contribution in [0.5, 0.6) is 0 Å². The minimum absolute atomic E-state index is 0.0442. The van der Waals surface area contributed by atoms with Gasteiger partial charge in [-0.15, -0.1) is 0 Å². The highest BCUT2D eigenvalue weighted by Crippen LogP contribution is 2.37. The normalized spacial score (nSPS) is 27.2. The van der Waals surface area contributed by atoms with Crippen molar-refractivity contribution in [1.82, 2.24) is 4.90 Å². The highest BCUT2D eigenvalue weighted by molar-refractivity contribution is 5.85. The van der Waals surface area contributed by atoms with Gasteiger partial charge in [0.25, 0.3) is 0 Å². The molecule has 4 heteroatoms. The summed E-state index contributed by atoms with van der Waals surface area (Å²) in [5.74, 6) is -1.23. The smallest absolute Gasteiger partial charge is 0.307 e. The largest absolute Gasteiger partial charge is 0.481 e. The fraction of sp³-hybridized carbons (Fsp3) is 0.857. The zero-order valence-electron chi connectivity index (χ0n) is 11.7. The number of carboxylic acid groups (broad SMARTS) is 1. The summed E-state index contributed by atoms with van der Waals surface area (Å²) in [6, 6.07) is 0. The predicted octanol–water partition coefficient (Wildman–Crippen LogP) is 2.38. The maximum Gasteiger partial charge on any atom is 0.307 e. The molecule has 0 saturated heterocycles. The lowest BCUT2D eigenvalue weighted by atomic mass is 9.94. The molecule has 0 bridgehead atoms. The summed E-state index contributed by atoms with van der Waals surface area (Å²) in [6.45, 7) is 7.52. The molecule has 1 fully saturated rings. The van der Waals surface area contributed by atoms with E-state index in [9.17, 15) is 14.7 Å². The molecule has 104 valence electrons. The van der Waals surface area contributed by atoms with Crippen LogP contribution in [0, 0.1) is 17.8 Å². The molecule has 0 spiro atoms. The molecule has 3 atom stereocenters. The van der Waals surface area contributed by atoms with Crippen LogP contribution in [0.4, 0.5) is 0 Å². The molecule has 4 nitrogen and oxygen atoms in total. The SMILES string of the molecule is CCCCN(CC)C(=O)[C@H]1CC(C)C[C@H]1C(=O)O. The van der Waals surface area contributed by atoms with Crippen molar-refractivity contribution in [1.29, 1.82) is 0 Å². The van der Waals surface area contributed by atoms with E-state index in [-0.39, 0.29) is 11.8 Å². The Morgan fingerprint density at radius 1 is 1.22 bits per heavy atom. The molecule has 0 aromatic heterocycles. The summed E-state index contributed by atoms with van der Waals surface area (Å²) < 4.78 is 0. The molecule has 1 aliphatic carbocycles. The van der Waals surface area contributed by atoms with Gasteiger partial charge in [0.05, 0.1) is 11.8 Å². The summed E-state index contributed by atoms with van der Waals surface area (Å²) >= 11 is 0. The Kier molecular flexibility index (Phi) is 5.63. The fourth-order valence-corrected chi connectivity index (χ4v) is 2.85. The van der Waals surface area contributed by atoms with Crippen LogP contribution in [0.2, 0.25) is 0 Å². The second-order valence-electron chi connectivity index (χ2n) is 5.40. The van der Waals surface area contributed by atoms with Crippen molar-refractivity contribution in [3.8, 4) is 0 Å². The number of carbonyl (C=O) groups is 2. The topological polar surface area (TPSA) is 57.6 Å². The van der Waals surface area contributed by atoms with E-state index in [0.717, 1.165) is 25.8 Å². The van der Waals surface area contributed by atoms with Crippen LogP contribution in [0.25, 0.3) is 0 Å². The number of aliphatic carboxylic acids is 1. The Morgan fingerprint density at radius 3 is 2.33 bits per heavy atom. The van der Waals surface area contributed by atoms with Gasteiger partial charge < -0.3 is 10.0 Å². The molecule has 0 aromatic carbocycles. The van der Waals surface area contributed by atoms with E-state index in [4.69, 9.17) is 0 Å². The van der Waals surface area contributed by atoms with Gasteiger partial charge in [0.1, 0.15) is 0 Å². The molecular weight excluding hydrogens is 230 g/mol. The van der Waals surface area contributed by atoms with E-state index in [1.54, 1.807) is 0 Å². The van der Waals surface area contributed by atoms with E-state index < -0.39 is 11.9 Å². The zero-order chi connectivity index (χ0) is 13.7. The molecule has 0 aliphatic heterocycles. The molecule has 0 aromatic rings. The van der Waals surface area contributed by atoms with E-state index in [0.29, 0.717) is 18.9 Å². The number of hydrogen-bond donors (Lipinski definition) is 1. The highest BCUT2D eigenvalue weighted by Gasteiger charge is 2.42. The molecule has 0 heterocycles. The average Bonchev–Trinajstić information content (AvgIpc) is 2.72. The molecule has 1 unspecified atom stereocenters. The quantitative estimate of drug-likeness (QED) is 0.792. The second-order valence-corrected chi connectivity index (χ2v) is 5.40. The van der Waals surface area contributed by atoms with Crippen molar-refractivity contribution in [2.75, 3.05) is 13.1 Å². The van der Waals surface area contributed by atoms with Gasteiger partial charge in [-0.1, -0.05) is 20.3 Å². The van der Waals surface area contributed by atoms with Crippen molar-refractivity contribution < 1.29 is 14.7 Å². The fourth-order valence-electron chi connectivity index (χ4n) is 2.85. The van der Waals surface area contributed by atoms with Gasteiger partial charge in [-0.2, -0.15) is 0 Å². The van der Waals surface area contributed by atoms with Gasteiger partial charge in [0.15, 0.2) is 0 Å². The lowest BCUT2D eigenvalue weighted by Gasteiger charge is -2.26. The van der Waals surface area contributed by atoms with Crippen LogP contribution in [-0.2, 0) is 9.59 Å². The summed E-state index contributed by atoms with van der Waals surface area (Å²) in [5, 5.41) is 9.21. The molecule has 1 aliphatic rings. The second kappa shape index (κ2) is 6.76. The number of unbranched alkanes of at least 4 members (excludes halogenated alkanes) is 1. The van der Waals surface area contributed by atoms with Crippen LogP contribution < -0.4 is 0 Å². The van der Waals surface area contributed by atoms with Crippen LogP contribution in [0.3, 0.4) is 0 Å². The van der Waals surface area contributed by atoms with Gasteiger partial charge in [-0.05, 0) is 32.1 Å². The maximum atomic E-state index is 12.4. The Hall–Kier alpha value is -1.06. The van der Waals surface area contributed by atoms with Gasteiger partial charge in [0.2, 0.25) is 5.91 Å². The van der Waals surface area contributed by atoms with Gasteiger partial charge in [-0.3, -0.25) is 9.59 Å². The summed E-state index contributed by atoms with van der Waals surface area (Å²) in [7, 11) is 0. The first kappa shape index (κ1) is 15.0. The average molecular weight is 255 g/mol. The number of nitrogens with zero attached hydrogens (tertiary/aromatic N) is 1. The number of amides is 1. The Labute approximate surface area is 109 Å². The first-order valence-corrected chi connectivity index (χ1v) is 7.02. The minimum atomic E-state index is -0.816. The third kappa shape index (κ3) is 3.47. The number of hydrogen-bond acceptors (Lipinski definition) is 2.